The van der Waals surface area contributed by atoms with Crippen LogP contribution in [0.15, 0.2) is 4.34 Å². The van der Waals surface area contributed by atoms with E-state index in [0.717, 1.165) is 5.01 Å². The van der Waals surface area contributed by atoms with Crippen LogP contribution in [0.4, 0.5) is 4.79 Å². The lowest BCUT2D eigenvalue weighted by Crippen LogP contribution is -2.74. The summed E-state index contributed by atoms with van der Waals surface area (Å²) in [5.41, 5.74) is -1.06. The van der Waals surface area contributed by atoms with E-state index in [2.05, 4.69) is 52.7 Å². The predicted molar refractivity (Wildman–Crippen MR) is 115 cm³/mol. The molecule has 3 amide bonds. The fourth-order valence-electron chi connectivity index (χ4n) is 2.81. The Morgan fingerprint density at radius 1 is 1.50 bits per heavy atom. The Morgan fingerprint density at radius 3 is 2.86 bits per heavy atom. The number of aryl methyl sites for hydroxylation is 1. The van der Waals surface area contributed by atoms with Gasteiger partial charge in [-0.25, -0.2) is 4.79 Å². The van der Waals surface area contributed by atoms with E-state index in [1.54, 1.807) is 0 Å². The highest BCUT2D eigenvalue weighted by molar-refractivity contribution is 9.12. The Kier molecular flexibility index (Phi) is 7.16. The molecule has 2 saturated heterocycles. The van der Waals surface area contributed by atoms with Crippen molar-refractivity contribution in [1.29, 1.82) is 0 Å². The highest BCUT2D eigenvalue weighted by Gasteiger charge is 2.57. The minimum absolute atomic E-state index is 0.117. The van der Waals surface area contributed by atoms with Gasteiger partial charge in [-0.3, -0.25) is 9.59 Å². The van der Waals surface area contributed by atoms with Crippen LogP contribution >= 0.6 is 66.7 Å². The number of halogens is 2. The van der Waals surface area contributed by atoms with Gasteiger partial charge in [0.2, 0.25) is 5.91 Å². The molecule has 9 nitrogen and oxygen atoms in total. The average Bonchev–Trinajstić information content (AvgIpc) is 3.09. The van der Waals surface area contributed by atoms with Gasteiger partial charge in [-0.2, -0.15) is 0 Å². The van der Waals surface area contributed by atoms with Crippen molar-refractivity contribution in [2.45, 2.75) is 27.6 Å². The number of carbonyl (C=O) groups is 3. The molecule has 1 aromatic rings. The maximum absolute atomic E-state index is 12.5. The van der Waals surface area contributed by atoms with Crippen LogP contribution in [0.25, 0.3) is 0 Å². The summed E-state index contributed by atoms with van der Waals surface area (Å²) in [7, 11) is 0. The van der Waals surface area contributed by atoms with Crippen LogP contribution in [0, 0.1) is 12.3 Å². The first-order chi connectivity index (χ1) is 13.3. The van der Waals surface area contributed by atoms with Crippen molar-refractivity contribution in [2.75, 3.05) is 23.4 Å². The maximum atomic E-state index is 12.5. The summed E-state index contributed by atoms with van der Waals surface area (Å²) in [6, 6.07) is -1.09. The molecule has 0 saturated carbocycles. The lowest BCUT2D eigenvalue weighted by Gasteiger charge is -2.53. The van der Waals surface area contributed by atoms with Crippen LogP contribution in [0.1, 0.15) is 5.01 Å². The smallest absolute Gasteiger partial charge is 0.316 e. The third kappa shape index (κ3) is 4.60. The van der Waals surface area contributed by atoms with Gasteiger partial charge in [-0.15, -0.1) is 22.0 Å². The molecule has 3 unspecified atom stereocenters. The van der Waals surface area contributed by atoms with E-state index in [-0.39, 0.29) is 22.8 Å². The highest BCUT2D eigenvalue weighted by Crippen LogP contribution is 2.44. The summed E-state index contributed by atoms with van der Waals surface area (Å²) in [4.78, 5) is 37.8. The third-order valence-electron chi connectivity index (χ3n) is 4.29. The number of carboxylic acid groups (broad SMARTS) is 1. The Balaban J connectivity index is 1.61. The molecule has 14 heteroatoms. The molecule has 28 heavy (non-hydrogen) atoms. The Bertz CT molecular complexity index is 784. The molecule has 154 valence electrons. The lowest BCUT2D eigenvalue weighted by molar-refractivity contribution is -0.156. The van der Waals surface area contributed by atoms with Gasteiger partial charge in [0.15, 0.2) is 4.34 Å². The van der Waals surface area contributed by atoms with Crippen LogP contribution < -0.4 is 10.6 Å². The molecule has 1 aromatic heterocycles. The second-order valence-corrected chi connectivity index (χ2v) is 11.6. The van der Waals surface area contributed by atoms with E-state index in [4.69, 9.17) is 0 Å². The SMILES string of the molecule is Cc1nnc(SCC2(C(=O)O)CS[C@@H]3C(NC(=O)NC(Br)CBr)C(=O)N3C2)s1. The first kappa shape index (κ1) is 22.1. The van der Waals surface area contributed by atoms with E-state index in [1.165, 1.54) is 39.8 Å². The highest BCUT2D eigenvalue weighted by atomic mass is 79.9. The number of alkyl halides is 2. The van der Waals surface area contributed by atoms with Crippen LogP contribution in [0.2, 0.25) is 0 Å². The van der Waals surface area contributed by atoms with Crippen LogP contribution in [-0.2, 0) is 9.59 Å². The molecule has 3 heterocycles. The zero-order chi connectivity index (χ0) is 20.5. The number of β-lactam (4-membered cyclic amide) rings is 1. The summed E-state index contributed by atoms with van der Waals surface area (Å²) >= 11 is 10.6. The number of fused-ring (bicyclic) bond motifs is 1. The average molecular weight is 575 g/mol. The second kappa shape index (κ2) is 9.06. The van der Waals surface area contributed by atoms with Crippen molar-refractivity contribution >= 4 is 84.6 Å². The Hall–Kier alpha value is -0.570. The molecule has 3 rings (SSSR count). The number of nitrogens with one attached hydrogen (secondary N) is 2. The quantitative estimate of drug-likeness (QED) is 0.194. The molecular formula is C14H17Br2N5O4S3. The van der Waals surface area contributed by atoms with E-state index < -0.39 is 23.5 Å². The molecule has 3 N–H and O–H groups in total. The number of urea groups is 1. The number of aliphatic carboxylic acids is 1. The molecular weight excluding hydrogens is 558 g/mol. The van der Waals surface area contributed by atoms with Crippen LogP contribution in [0.5, 0.6) is 0 Å². The van der Waals surface area contributed by atoms with Gasteiger partial charge in [0, 0.05) is 23.4 Å². The van der Waals surface area contributed by atoms with Crippen molar-refractivity contribution in [1.82, 2.24) is 25.7 Å². The van der Waals surface area contributed by atoms with Crippen molar-refractivity contribution in [2.24, 2.45) is 5.41 Å². The molecule has 2 aliphatic heterocycles. The normalized spacial score (nSPS) is 27.5. The monoisotopic (exact) mass is 573 g/mol. The zero-order valence-electron chi connectivity index (χ0n) is 14.6. The van der Waals surface area contributed by atoms with Crippen molar-refractivity contribution in [3.8, 4) is 0 Å². The first-order valence-corrected chi connectivity index (χ1v) is 13.0. The summed E-state index contributed by atoms with van der Waals surface area (Å²) in [5, 5.41) is 24.2. The van der Waals surface area contributed by atoms with Gasteiger partial charge in [0.25, 0.3) is 0 Å². The molecule has 0 spiro atoms. The molecule has 2 fully saturated rings. The maximum Gasteiger partial charge on any atom is 0.316 e. The van der Waals surface area contributed by atoms with Crippen molar-refractivity contribution in [3.63, 3.8) is 0 Å². The summed E-state index contributed by atoms with van der Waals surface area (Å²) < 4.78 is 0.715. The number of carboxylic acids is 1. The second-order valence-electron chi connectivity index (χ2n) is 6.35. The predicted octanol–water partition coefficient (Wildman–Crippen LogP) is 1.71. The van der Waals surface area contributed by atoms with E-state index >= 15 is 0 Å². The van der Waals surface area contributed by atoms with Crippen molar-refractivity contribution < 1.29 is 19.5 Å². The molecule has 0 aliphatic carbocycles. The number of amides is 3. The standard InChI is InChI=1S/C14H17Br2N5O4S3/c1-6-19-20-13(28-6)27-5-14(11(23)24)3-21-9(22)8(10(21)26-4-14)18-12(25)17-7(16)2-15/h7-8,10H,2-5H2,1H3,(H,23,24)(H2,17,18,25)/t7?,8?,10-,14?/m1/s1. The van der Waals surface area contributed by atoms with Gasteiger partial charge < -0.3 is 20.6 Å². The number of aromatic nitrogens is 2. The Labute approximate surface area is 190 Å². The fourth-order valence-corrected chi connectivity index (χ4v) is 6.85. The minimum atomic E-state index is -1.06. The van der Waals surface area contributed by atoms with E-state index in [1.807, 2.05) is 6.92 Å². The number of rotatable bonds is 7. The number of carbonyl (C=O) groups excluding carboxylic acids is 2. The number of thioether (sulfide) groups is 2. The molecule has 2 aliphatic rings. The van der Waals surface area contributed by atoms with Gasteiger partial charge >= 0.3 is 12.0 Å². The Morgan fingerprint density at radius 2 is 2.25 bits per heavy atom. The fraction of sp³-hybridized carbons (Fsp3) is 0.643. The number of hydrogen-bond acceptors (Lipinski definition) is 8. The molecule has 0 radical (unpaired) electrons. The van der Waals surface area contributed by atoms with Crippen molar-refractivity contribution in [3.05, 3.63) is 5.01 Å². The van der Waals surface area contributed by atoms with Crippen LogP contribution in [-0.4, -0.2) is 77.9 Å². The van der Waals surface area contributed by atoms with Gasteiger partial charge in [-0.05, 0) is 6.92 Å². The minimum Gasteiger partial charge on any atom is -0.481 e. The number of nitrogens with zero attached hydrogens (tertiary/aromatic N) is 3. The molecule has 0 bridgehead atoms. The lowest BCUT2D eigenvalue weighted by atomic mass is 9.89. The van der Waals surface area contributed by atoms with Gasteiger partial charge in [0.05, 0.1) is 4.95 Å². The third-order valence-corrected chi connectivity index (χ3v) is 10.2. The topological polar surface area (TPSA) is 125 Å². The van der Waals surface area contributed by atoms with Crippen LogP contribution in [0.3, 0.4) is 0 Å². The van der Waals surface area contributed by atoms with E-state index in [0.29, 0.717) is 21.2 Å². The summed E-state index contributed by atoms with van der Waals surface area (Å²) in [6.45, 7) is 1.96. The number of hydrogen-bond donors (Lipinski definition) is 3. The van der Waals surface area contributed by atoms with Gasteiger partial charge in [0.1, 0.15) is 21.8 Å². The summed E-state index contributed by atoms with van der Waals surface area (Å²) in [6.07, 6.45) is 0. The molecule has 0 aromatic carbocycles. The molecule has 4 atom stereocenters. The van der Waals surface area contributed by atoms with Gasteiger partial charge in [-0.1, -0.05) is 55.0 Å². The van der Waals surface area contributed by atoms with E-state index in [9.17, 15) is 19.5 Å². The first-order valence-electron chi connectivity index (χ1n) is 8.11. The zero-order valence-corrected chi connectivity index (χ0v) is 20.2. The largest absolute Gasteiger partial charge is 0.481 e. The summed E-state index contributed by atoms with van der Waals surface area (Å²) in [5.74, 6) is -0.548.